The number of carbonyl (C=O) groups is 1. The molecule has 6 nitrogen and oxygen atoms in total. The Morgan fingerprint density at radius 3 is 2.92 bits per heavy atom. The van der Waals surface area contributed by atoms with Gasteiger partial charge in [0.2, 0.25) is 0 Å². The topological polar surface area (TPSA) is 77.5 Å². The van der Waals surface area contributed by atoms with Crippen molar-refractivity contribution in [3.63, 3.8) is 0 Å². The molecule has 1 aromatic heterocycles. The predicted octanol–water partition coefficient (Wildman–Crippen LogP) is 2.64. The zero-order chi connectivity index (χ0) is 17.5. The fourth-order valence-corrected chi connectivity index (χ4v) is 3.65. The predicted molar refractivity (Wildman–Crippen MR) is 101 cm³/mol. The summed E-state index contributed by atoms with van der Waals surface area (Å²) in [6.45, 7) is 3.62. The molecule has 0 bridgehead atoms. The van der Waals surface area contributed by atoms with Gasteiger partial charge in [0.15, 0.2) is 0 Å². The molecule has 2 heterocycles. The van der Waals surface area contributed by atoms with Crippen LogP contribution in [0.25, 0.3) is 11.3 Å². The average molecular weight is 360 g/mol. The highest BCUT2D eigenvalue weighted by molar-refractivity contribution is 7.07. The van der Waals surface area contributed by atoms with E-state index in [0.29, 0.717) is 12.5 Å². The van der Waals surface area contributed by atoms with Crippen LogP contribution in [0.2, 0.25) is 0 Å². The maximum absolute atomic E-state index is 12.0. The van der Waals surface area contributed by atoms with Gasteiger partial charge in [0.05, 0.1) is 11.2 Å². The number of nitrogens with zero attached hydrogens (tertiary/aromatic N) is 2. The van der Waals surface area contributed by atoms with Crippen molar-refractivity contribution in [1.29, 1.82) is 0 Å². The lowest BCUT2D eigenvalue weighted by atomic mass is 9.99. The van der Waals surface area contributed by atoms with E-state index in [2.05, 4.69) is 20.5 Å². The van der Waals surface area contributed by atoms with Gasteiger partial charge in [-0.05, 0) is 37.4 Å². The molecule has 0 radical (unpaired) electrons. The van der Waals surface area contributed by atoms with E-state index in [4.69, 9.17) is 0 Å². The smallest absolute Gasteiger partial charge is 0.319 e. The number of thiazole rings is 1. The summed E-state index contributed by atoms with van der Waals surface area (Å²) in [6.07, 6.45) is 2.21. The van der Waals surface area contributed by atoms with Crippen LogP contribution in [-0.4, -0.2) is 53.8 Å². The van der Waals surface area contributed by atoms with Gasteiger partial charge in [-0.1, -0.05) is 12.1 Å². The largest absolute Gasteiger partial charge is 0.396 e. The minimum absolute atomic E-state index is 0.197. The molecular formula is C18H24N4O2S. The summed E-state index contributed by atoms with van der Waals surface area (Å²) < 4.78 is 0. The summed E-state index contributed by atoms with van der Waals surface area (Å²) in [5, 5.41) is 17.0. The van der Waals surface area contributed by atoms with E-state index < -0.39 is 0 Å². The third-order valence-electron chi connectivity index (χ3n) is 4.45. The van der Waals surface area contributed by atoms with Crippen molar-refractivity contribution in [1.82, 2.24) is 15.2 Å². The molecule has 3 rings (SSSR count). The fraction of sp³-hybridized carbons (Fsp3) is 0.444. The van der Waals surface area contributed by atoms with Crippen LogP contribution >= 0.6 is 11.3 Å². The normalized spacial score (nSPS) is 18.0. The highest BCUT2D eigenvalue weighted by atomic mass is 32.1. The Labute approximate surface area is 151 Å². The standard InChI is InChI=1S/C18H24N4O2S/c23-11-14-2-1-8-22(10-14)9-7-19-18(24)21-16-5-3-15(4-6-16)17-12-25-13-20-17/h3-6,12-14,23H,1-2,7-11H2,(H2,19,21,24)/t14-/m1/s1. The fourth-order valence-electron chi connectivity index (χ4n) is 3.09. The van der Waals surface area contributed by atoms with E-state index in [9.17, 15) is 9.90 Å². The number of aliphatic hydroxyl groups excluding tert-OH is 1. The second-order valence-corrected chi connectivity index (χ2v) is 7.04. The summed E-state index contributed by atoms with van der Waals surface area (Å²) >= 11 is 1.56. The Morgan fingerprint density at radius 1 is 1.36 bits per heavy atom. The molecule has 0 unspecified atom stereocenters. The van der Waals surface area contributed by atoms with Crippen LogP contribution in [0.3, 0.4) is 0 Å². The van der Waals surface area contributed by atoms with Crippen molar-refractivity contribution < 1.29 is 9.90 Å². The molecule has 1 aliphatic rings. The summed E-state index contributed by atoms with van der Waals surface area (Å²) in [5.41, 5.74) is 4.55. The zero-order valence-electron chi connectivity index (χ0n) is 14.1. The monoisotopic (exact) mass is 360 g/mol. The van der Waals surface area contributed by atoms with E-state index in [1.54, 1.807) is 16.8 Å². The molecule has 134 valence electrons. The van der Waals surface area contributed by atoms with Crippen LogP contribution in [0.15, 0.2) is 35.2 Å². The van der Waals surface area contributed by atoms with Gasteiger partial charge in [-0.15, -0.1) is 11.3 Å². The quantitative estimate of drug-likeness (QED) is 0.740. The molecule has 2 aromatic rings. The Kier molecular flexibility index (Phi) is 6.38. The van der Waals surface area contributed by atoms with Gasteiger partial charge in [-0.3, -0.25) is 0 Å². The van der Waals surface area contributed by atoms with E-state index in [1.165, 1.54) is 0 Å². The van der Waals surface area contributed by atoms with E-state index >= 15 is 0 Å². The Hall–Kier alpha value is -1.96. The number of piperidine rings is 1. The van der Waals surface area contributed by atoms with Crippen LogP contribution in [0.1, 0.15) is 12.8 Å². The lowest BCUT2D eigenvalue weighted by Gasteiger charge is -2.31. The van der Waals surface area contributed by atoms with Crippen molar-refractivity contribution in [2.45, 2.75) is 12.8 Å². The number of likely N-dealkylation sites (tertiary alicyclic amines) is 1. The van der Waals surface area contributed by atoms with Crippen LogP contribution in [0.5, 0.6) is 0 Å². The van der Waals surface area contributed by atoms with Gasteiger partial charge in [0.1, 0.15) is 0 Å². The third kappa shape index (κ3) is 5.26. The molecule has 1 saturated heterocycles. The van der Waals surface area contributed by atoms with Crippen molar-refractivity contribution in [2.24, 2.45) is 5.92 Å². The molecule has 0 aliphatic carbocycles. The number of amides is 2. The highest BCUT2D eigenvalue weighted by Gasteiger charge is 2.18. The highest BCUT2D eigenvalue weighted by Crippen LogP contribution is 2.21. The van der Waals surface area contributed by atoms with Crippen molar-refractivity contribution in [3.8, 4) is 11.3 Å². The average Bonchev–Trinajstić information content (AvgIpc) is 3.17. The number of benzene rings is 1. The minimum Gasteiger partial charge on any atom is -0.396 e. The molecule has 1 fully saturated rings. The first kappa shape index (κ1) is 17.8. The molecule has 1 atom stereocenters. The molecule has 25 heavy (non-hydrogen) atoms. The van der Waals surface area contributed by atoms with Gasteiger partial charge in [0.25, 0.3) is 0 Å². The number of anilines is 1. The first-order valence-corrected chi connectivity index (χ1v) is 9.55. The number of aliphatic hydroxyl groups is 1. The number of hydrogen-bond donors (Lipinski definition) is 3. The molecule has 0 saturated carbocycles. The first-order valence-electron chi connectivity index (χ1n) is 8.61. The van der Waals surface area contributed by atoms with Gasteiger partial charge < -0.3 is 20.6 Å². The number of carbonyl (C=O) groups excluding carboxylic acids is 1. The number of aromatic nitrogens is 1. The molecule has 1 aromatic carbocycles. The SMILES string of the molecule is O=C(NCCN1CCC[C@@H](CO)C1)Nc1ccc(-c2cscn2)cc1. The van der Waals surface area contributed by atoms with Gasteiger partial charge >= 0.3 is 6.03 Å². The molecule has 1 aliphatic heterocycles. The Balaban J connectivity index is 1.40. The summed E-state index contributed by atoms with van der Waals surface area (Å²) in [6, 6.07) is 7.47. The van der Waals surface area contributed by atoms with E-state index in [1.807, 2.05) is 29.6 Å². The second kappa shape index (κ2) is 8.94. The van der Waals surface area contributed by atoms with Crippen LogP contribution in [0.4, 0.5) is 10.5 Å². The van der Waals surface area contributed by atoms with Crippen LogP contribution < -0.4 is 10.6 Å². The van der Waals surface area contributed by atoms with E-state index in [-0.39, 0.29) is 12.6 Å². The molecule has 0 spiro atoms. The van der Waals surface area contributed by atoms with E-state index in [0.717, 1.165) is 49.4 Å². The van der Waals surface area contributed by atoms with Crippen molar-refractivity contribution in [2.75, 3.05) is 38.1 Å². The summed E-state index contributed by atoms with van der Waals surface area (Å²) in [5.74, 6) is 0.374. The Bertz CT molecular complexity index is 660. The number of hydrogen-bond acceptors (Lipinski definition) is 5. The maximum Gasteiger partial charge on any atom is 0.319 e. The lowest BCUT2D eigenvalue weighted by molar-refractivity contribution is 0.121. The van der Waals surface area contributed by atoms with Crippen molar-refractivity contribution in [3.05, 3.63) is 35.2 Å². The third-order valence-corrected chi connectivity index (χ3v) is 5.03. The number of urea groups is 1. The molecule has 7 heteroatoms. The van der Waals surface area contributed by atoms with Gasteiger partial charge in [0, 0.05) is 42.9 Å². The molecular weight excluding hydrogens is 336 g/mol. The number of nitrogens with one attached hydrogen (secondary N) is 2. The maximum atomic E-state index is 12.0. The Morgan fingerprint density at radius 2 is 2.20 bits per heavy atom. The lowest BCUT2D eigenvalue weighted by Crippen LogP contribution is -2.42. The van der Waals surface area contributed by atoms with Crippen molar-refractivity contribution >= 4 is 23.1 Å². The number of rotatable bonds is 6. The minimum atomic E-state index is -0.197. The first-order chi connectivity index (χ1) is 12.2. The summed E-state index contributed by atoms with van der Waals surface area (Å²) in [4.78, 5) is 18.6. The zero-order valence-corrected chi connectivity index (χ0v) is 15.0. The van der Waals surface area contributed by atoms with Gasteiger partial charge in [-0.2, -0.15) is 0 Å². The summed E-state index contributed by atoms with van der Waals surface area (Å²) in [7, 11) is 0. The van der Waals surface area contributed by atoms with Crippen LogP contribution in [-0.2, 0) is 0 Å². The van der Waals surface area contributed by atoms with Crippen LogP contribution in [0, 0.1) is 5.92 Å². The second-order valence-electron chi connectivity index (χ2n) is 6.32. The molecule has 2 amide bonds. The molecule has 3 N–H and O–H groups in total. The van der Waals surface area contributed by atoms with Gasteiger partial charge in [-0.25, -0.2) is 9.78 Å².